The number of aryl methyl sites for hydroxylation is 1. The number of pyridine rings is 1. The summed E-state index contributed by atoms with van der Waals surface area (Å²) in [4.78, 5) is 15.7. The van der Waals surface area contributed by atoms with E-state index < -0.39 is 5.97 Å². The van der Waals surface area contributed by atoms with Gasteiger partial charge in [0.15, 0.2) is 0 Å². The van der Waals surface area contributed by atoms with Crippen LogP contribution in [0, 0.1) is 6.92 Å². The zero-order chi connectivity index (χ0) is 14.3. The fraction of sp³-hybridized carbons (Fsp3) is 0.250. The minimum absolute atomic E-state index is 0.325. The molecule has 2 aromatic rings. The van der Waals surface area contributed by atoms with E-state index in [1.54, 1.807) is 12.1 Å². The molecule has 19 heavy (non-hydrogen) atoms. The Kier molecular flexibility index (Phi) is 5.73. The van der Waals surface area contributed by atoms with Crippen molar-refractivity contribution in [1.82, 2.24) is 4.98 Å². The highest BCUT2D eigenvalue weighted by Gasteiger charge is 2.08. The van der Waals surface area contributed by atoms with E-state index >= 15 is 0 Å². The quantitative estimate of drug-likeness (QED) is 0.767. The third kappa shape index (κ3) is 3.91. The van der Waals surface area contributed by atoms with E-state index in [1.165, 1.54) is 7.11 Å². The highest BCUT2D eigenvalue weighted by molar-refractivity contribution is 5.87. The van der Waals surface area contributed by atoms with Crippen LogP contribution >= 0.6 is 0 Å². The maximum absolute atomic E-state index is 11.4. The lowest BCUT2D eigenvalue weighted by molar-refractivity contribution is 0.0594. The number of carbonyl (C=O) groups is 1. The van der Waals surface area contributed by atoms with Gasteiger partial charge in [0, 0.05) is 5.56 Å². The number of aromatic nitrogens is 1. The molecule has 0 amide bonds. The van der Waals surface area contributed by atoms with Crippen molar-refractivity contribution in [3.8, 4) is 11.3 Å². The van der Waals surface area contributed by atoms with Gasteiger partial charge >= 0.3 is 5.97 Å². The van der Waals surface area contributed by atoms with E-state index in [4.69, 9.17) is 0 Å². The van der Waals surface area contributed by atoms with Crippen molar-refractivity contribution in [1.29, 1.82) is 0 Å². The molecule has 0 fully saturated rings. The van der Waals surface area contributed by atoms with Crippen LogP contribution in [0.25, 0.3) is 11.3 Å². The van der Waals surface area contributed by atoms with Gasteiger partial charge in [-0.15, -0.1) is 0 Å². The number of nitrogens with zero attached hydrogens (tertiary/aromatic N) is 1. The van der Waals surface area contributed by atoms with E-state index in [1.807, 2.05) is 51.1 Å². The van der Waals surface area contributed by atoms with Gasteiger partial charge in [-0.3, -0.25) is 0 Å². The van der Waals surface area contributed by atoms with Gasteiger partial charge in [0.05, 0.1) is 12.8 Å². The van der Waals surface area contributed by atoms with Crippen molar-refractivity contribution in [3.05, 3.63) is 53.7 Å². The van der Waals surface area contributed by atoms with Gasteiger partial charge in [0.25, 0.3) is 0 Å². The molecular formula is C16H19NO2. The Morgan fingerprint density at radius 3 is 2.42 bits per heavy atom. The summed E-state index contributed by atoms with van der Waals surface area (Å²) in [5.74, 6) is -0.417. The molecule has 1 aromatic heterocycles. The maximum atomic E-state index is 11.4. The molecule has 3 heteroatoms. The predicted molar refractivity (Wildman–Crippen MR) is 77.1 cm³/mol. The van der Waals surface area contributed by atoms with E-state index in [2.05, 4.69) is 9.72 Å². The Morgan fingerprint density at radius 2 is 1.79 bits per heavy atom. The molecule has 0 unspecified atom stereocenters. The lowest BCUT2D eigenvalue weighted by atomic mass is 10.1. The van der Waals surface area contributed by atoms with Crippen LogP contribution in [-0.4, -0.2) is 18.1 Å². The van der Waals surface area contributed by atoms with Gasteiger partial charge < -0.3 is 4.74 Å². The molecule has 0 atom stereocenters. The highest BCUT2D eigenvalue weighted by Crippen LogP contribution is 2.18. The molecule has 2 rings (SSSR count). The molecule has 0 N–H and O–H groups in total. The van der Waals surface area contributed by atoms with Crippen molar-refractivity contribution < 1.29 is 9.53 Å². The minimum Gasteiger partial charge on any atom is -0.464 e. The molecule has 0 radical (unpaired) electrons. The third-order valence-corrected chi connectivity index (χ3v) is 2.46. The molecule has 0 spiro atoms. The van der Waals surface area contributed by atoms with Gasteiger partial charge in [-0.2, -0.15) is 0 Å². The summed E-state index contributed by atoms with van der Waals surface area (Å²) >= 11 is 0. The summed E-state index contributed by atoms with van der Waals surface area (Å²) in [7, 11) is 1.35. The molecule has 1 aromatic carbocycles. The van der Waals surface area contributed by atoms with Gasteiger partial charge in [-0.25, -0.2) is 9.78 Å². The number of methoxy groups -OCH3 is 1. The second kappa shape index (κ2) is 7.31. The number of ether oxygens (including phenoxy) is 1. The van der Waals surface area contributed by atoms with Gasteiger partial charge in [-0.05, 0) is 25.1 Å². The van der Waals surface area contributed by atoms with Crippen LogP contribution in [0.3, 0.4) is 0 Å². The molecule has 0 aliphatic rings. The first kappa shape index (κ1) is 14.9. The van der Waals surface area contributed by atoms with Gasteiger partial charge in [-0.1, -0.05) is 43.7 Å². The van der Waals surface area contributed by atoms with Crippen LogP contribution in [0.1, 0.15) is 29.9 Å². The zero-order valence-electron chi connectivity index (χ0n) is 11.8. The van der Waals surface area contributed by atoms with E-state index in [9.17, 15) is 4.79 Å². The Bertz CT molecular complexity index is 550. The Labute approximate surface area is 114 Å². The largest absolute Gasteiger partial charge is 0.464 e. The van der Waals surface area contributed by atoms with E-state index in [0.717, 1.165) is 16.8 Å². The molecule has 0 aliphatic heterocycles. The first-order valence-electron chi connectivity index (χ1n) is 6.33. The molecule has 0 saturated carbocycles. The topological polar surface area (TPSA) is 39.2 Å². The molecule has 0 aliphatic carbocycles. The smallest absolute Gasteiger partial charge is 0.356 e. The SMILES string of the molecule is CC.COC(=O)c1cccc(-c2cccc(C)c2)n1. The standard InChI is InChI=1S/C14H13NO2.C2H6/c1-10-5-3-6-11(9-10)12-7-4-8-13(15-12)14(16)17-2;1-2/h3-9H,1-2H3;1-2H3. The fourth-order valence-electron chi connectivity index (χ4n) is 1.62. The summed E-state index contributed by atoms with van der Waals surface area (Å²) in [5.41, 5.74) is 3.26. The van der Waals surface area contributed by atoms with Gasteiger partial charge in [0.2, 0.25) is 0 Å². The van der Waals surface area contributed by atoms with E-state index in [-0.39, 0.29) is 0 Å². The molecule has 1 heterocycles. The summed E-state index contributed by atoms with van der Waals surface area (Å²) in [6.07, 6.45) is 0. The van der Waals surface area contributed by atoms with Crippen LogP contribution in [-0.2, 0) is 4.74 Å². The fourth-order valence-corrected chi connectivity index (χ4v) is 1.62. The van der Waals surface area contributed by atoms with Crippen molar-refractivity contribution >= 4 is 5.97 Å². The Morgan fingerprint density at radius 1 is 1.11 bits per heavy atom. The van der Waals surface area contributed by atoms with Crippen LogP contribution in [0.4, 0.5) is 0 Å². The lowest BCUT2D eigenvalue weighted by Crippen LogP contribution is -2.04. The molecule has 3 nitrogen and oxygen atoms in total. The summed E-state index contributed by atoms with van der Waals surface area (Å²) in [6.45, 7) is 6.02. The predicted octanol–water partition coefficient (Wildman–Crippen LogP) is 3.87. The molecule has 0 saturated heterocycles. The van der Waals surface area contributed by atoms with Crippen molar-refractivity contribution in [2.45, 2.75) is 20.8 Å². The monoisotopic (exact) mass is 257 g/mol. The number of esters is 1. The molecule has 0 bridgehead atoms. The summed E-state index contributed by atoms with van der Waals surface area (Å²) in [6, 6.07) is 13.3. The number of benzene rings is 1. The Hall–Kier alpha value is -2.16. The lowest BCUT2D eigenvalue weighted by Gasteiger charge is -2.04. The van der Waals surface area contributed by atoms with Crippen LogP contribution in [0.15, 0.2) is 42.5 Å². The van der Waals surface area contributed by atoms with Crippen LogP contribution in [0.5, 0.6) is 0 Å². The minimum atomic E-state index is -0.417. The summed E-state index contributed by atoms with van der Waals surface area (Å²) in [5, 5.41) is 0. The first-order valence-corrected chi connectivity index (χ1v) is 6.33. The second-order valence-electron chi connectivity index (χ2n) is 3.77. The number of hydrogen-bond acceptors (Lipinski definition) is 3. The number of rotatable bonds is 2. The van der Waals surface area contributed by atoms with Crippen molar-refractivity contribution in [2.24, 2.45) is 0 Å². The van der Waals surface area contributed by atoms with E-state index in [0.29, 0.717) is 5.69 Å². The maximum Gasteiger partial charge on any atom is 0.356 e. The van der Waals surface area contributed by atoms with Gasteiger partial charge in [0.1, 0.15) is 5.69 Å². The normalized spacial score (nSPS) is 9.26. The first-order chi connectivity index (χ1) is 9.20. The van der Waals surface area contributed by atoms with Crippen molar-refractivity contribution in [2.75, 3.05) is 7.11 Å². The third-order valence-electron chi connectivity index (χ3n) is 2.46. The molecule has 100 valence electrons. The van der Waals surface area contributed by atoms with Crippen LogP contribution in [0.2, 0.25) is 0 Å². The average molecular weight is 257 g/mol. The zero-order valence-corrected chi connectivity index (χ0v) is 11.8. The highest BCUT2D eigenvalue weighted by atomic mass is 16.5. The average Bonchev–Trinajstić information content (AvgIpc) is 2.48. The number of hydrogen-bond donors (Lipinski definition) is 0. The number of carbonyl (C=O) groups excluding carboxylic acids is 1. The molecular weight excluding hydrogens is 238 g/mol. The second-order valence-corrected chi connectivity index (χ2v) is 3.77. The van der Waals surface area contributed by atoms with Crippen LogP contribution < -0.4 is 0 Å². The summed E-state index contributed by atoms with van der Waals surface area (Å²) < 4.78 is 4.65. The Balaban J connectivity index is 0.000000861. The van der Waals surface area contributed by atoms with Crippen molar-refractivity contribution in [3.63, 3.8) is 0 Å².